The highest BCUT2D eigenvalue weighted by atomic mass is 16.5. The summed E-state index contributed by atoms with van der Waals surface area (Å²) in [7, 11) is 0. The predicted molar refractivity (Wildman–Crippen MR) is 73.3 cm³/mol. The summed E-state index contributed by atoms with van der Waals surface area (Å²) in [4.78, 5) is 24.1. The van der Waals surface area contributed by atoms with Crippen LogP contribution in [0.3, 0.4) is 0 Å². The fourth-order valence-corrected chi connectivity index (χ4v) is 2.57. The van der Waals surface area contributed by atoms with Crippen molar-refractivity contribution in [3.05, 3.63) is 48.0 Å². The number of carbonyl (C=O) groups excluding carboxylic acids is 2. The van der Waals surface area contributed by atoms with Crippen LogP contribution in [0.25, 0.3) is 10.8 Å². The Morgan fingerprint density at radius 3 is 2.70 bits per heavy atom. The maximum absolute atomic E-state index is 12.5. The number of cyclic esters (lactones) is 1. The number of benzene rings is 2. The van der Waals surface area contributed by atoms with Gasteiger partial charge in [-0.1, -0.05) is 36.4 Å². The van der Waals surface area contributed by atoms with Crippen LogP contribution in [0.15, 0.2) is 42.5 Å². The molecule has 1 heterocycles. The van der Waals surface area contributed by atoms with Gasteiger partial charge in [-0.3, -0.25) is 9.59 Å². The van der Waals surface area contributed by atoms with Crippen LogP contribution < -0.4 is 0 Å². The molecule has 0 spiro atoms. The van der Waals surface area contributed by atoms with Gasteiger partial charge in [0.05, 0.1) is 13.2 Å². The molecule has 20 heavy (non-hydrogen) atoms. The monoisotopic (exact) mass is 270 g/mol. The first kappa shape index (κ1) is 12.8. The van der Waals surface area contributed by atoms with E-state index in [4.69, 9.17) is 4.74 Å². The van der Waals surface area contributed by atoms with E-state index in [0.717, 1.165) is 10.8 Å². The minimum atomic E-state index is -0.888. The number of fused-ring (bicyclic) bond motifs is 1. The summed E-state index contributed by atoms with van der Waals surface area (Å²) in [5.74, 6) is -2.15. The van der Waals surface area contributed by atoms with E-state index in [1.54, 1.807) is 12.1 Å². The molecule has 0 radical (unpaired) electrons. The predicted octanol–water partition coefficient (Wildman–Crippen LogP) is 1.80. The normalized spacial score (nSPS) is 21.9. The van der Waals surface area contributed by atoms with Crippen molar-refractivity contribution in [2.45, 2.75) is 0 Å². The molecule has 0 bridgehead atoms. The van der Waals surface area contributed by atoms with Crippen LogP contribution in [0.5, 0.6) is 0 Å². The van der Waals surface area contributed by atoms with Crippen molar-refractivity contribution in [3.8, 4) is 0 Å². The highest BCUT2D eigenvalue weighted by molar-refractivity contribution is 6.11. The van der Waals surface area contributed by atoms with Gasteiger partial charge in [-0.25, -0.2) is 0 Å². The van der Waals surface area contributed by atoms with Crippen molar-refractivity contribution in [2.75, 3.05) is 13.2 Å². The largest absolute Gasteiger partial charge is 0.465 e. The first-order valence-corrected chi connectivity index (χ1v) is 6.51. The second-order valence-electron chi connectivity index (χ2n) is 4.98. The number of hydrogen-bond acceptors (Lipinski definition) is 4. The first-order valence-electron chi connectivity index (χ1n) is 6.51. The Morgan fingerprint density at radius 1 is 1.20 bits per heavy atom. The number of aliphatic hydroxyl groups excluding tert-OH is 1. The van der Waals surface area contributed by atoms with Crippen molar-refractivity contribution in [1.82, 2.24) is 0 Å². The van der Waals surface area contributed by atoms with Gasteiger partial charge >= 0.3 is 5.97 Å². The van der Waals surface area contributed by atoms with Gasteiger partial charge in [-0.15, -0.1) is 0 Å². The molecule has 2 aromatic rings. The fraction of sp³-hybridized carbons (Fsp3) is 0.250. The molecule has 0 amide bonds. The molecule has 4 nitrogen and oxygen atoms in total. The number of hydrogen-bond donors (Lipinski definition) is 1. The second kappa shape index (κ2) is 5.06. The Morgan fingerprint density at radius 2 is 1.95 bits per heavy atom. The second-order valence-corrected chi connectivity index (χ2v) is 4.98. The van der Waals surface area contributed by atoms with Crippen LogP contribution in [0, 0.1) is 11.8 Å². The van der Waals surface area contributed by atoms with Crippen LogP contribution in [0.4, 0.5) is 0 Å². The van der Waals surface area contributed by atoms with E-state index in [1.807, 2.05) is 30.3 Å². The molecule has 1 aliphatic heterocycles. The van der Waals surface area contributed by atoms with Crippen molar-refractivity contribution >= 4 is 22.5 Å². The molecule has 1 saturated heterocycles. The zero-order valence-electron chi connectivity index (χ0n) is 10.8. The lowest BCUT2D eigenvalue weighted by Gasteiger charge is -2.11. The van der Waals surface area contributed by atoms with Gasteiger partial charge in [0.15, 0.2) is 5.78 Å². The maximum Gasteiger partial charge on any atom is 0.317 e. The van der Waals surface area contributed by atoms with Crippen LogP contribution >= 0.6 is 0 Å². The van der Waals surface area contributed by atoms with E-state index in [9.17, 15) is 14.7 Å². The van der Waals surface area contributed by atoms with Gasteiger partial charge in [0, 0.05) is 11.5 Å². The van der Waals surface area contributed by atoms with Crippen molar-refractivity contribution in [2.24, 2.45) is 11.8 Å². The van der Waals surface area contributed by atoms with E-state index >= 15 is 0 Å². The molecule has 1 fully saturated rings. The van der Waals surface area contributed by atoms with E-state index < -0.39 is 17.8 Å². The van der Waals surface area contributed by atoms with E-state index in [0.29, 0.717) is 5.56 Å². The molecule has 1 aliphatic rings. The molecule has 2 unspecified atom stereocenters. The summed E-state index contributed by atoms with van der Waals surface area (Å²) in [6.07, 6.45) is 0. The number of ketones is 1. The average Bonchev–Trinajstić information content (AvgIpc) is 2.87. The summed E-state index contributed by atoms with van der Waals surface area (Å²) in [6.45, 7) is -0.116. The topological polar surface area (TPSA) is 63.6 Å². The Bertz CT molecular complexity index is 677. The number of Topliss-reactive ketones (excluding diaryl/α,β-unsaturated/α-hetero) is 1. The van der Waals surface area contributed by atoms with E-state index in [1.165, 1.54) is 0 Å². The number of carbonyl (C=O) groups is 2. The quantitative estimate of drug-likeness (QED) is 0.525. The number of ether oxygens (including phenoxy) is 1. The molecule has 2 aromatic carbocycles. The number of rotatable bonds is 3. The number of aliphatic hydroxyl groups is 1. The number of esters is 1. The molecular formula is C16H14O4. The van der Waals surface area contributed by atoms with Gasteiger partial charge in [0.25, 0.3) is 0 Å². The van der Waals surface area contributed by atoms with Crippen molar-refractivity contribution < 1.29 is 19.4 Å². The summed E-state index contributed by atoms with van der Waals surface area (Å²) in [5, 5.41) is 11.2. The third-order valence-electron chi connectivity index (χ3n) is 3.72. The zero-order valence-corrected chi connectivity index (χ0v) is 10.8. The summed E-state index contributed by atoms with van der Waals surface area (Å²) in [5.41, 5.74) is 0.478. The highest BCUT2D eigenvalue weighted by Gasteiger charge is 2.42. The van der Waals surface area contributed by atoms with E-state index in [-0.39, 0.29) is 19.0 Å². The lowest BCUT2D eigenvalue weighted by Crippen LogP contribution is -2.27. The SMILES string of the molecule is O=C1OCC(CO)C1C(=O)c1ccc2ccccc2c1. The molecule has 2 atom stereocenters. The third-order valence-corrected chi connectivity index (χ3v) is 3.72. The standard InChI is InChI=1S/C16H14O4/c17-8-13-9-20-16(19)14(13)15(18)12-6-5-10-3-1-2-4-11(10)7-12/h1-7,13-14,17H,8-9H2. The molecule has 102 valence electrons. The Labute approximate surface area is 116 Å². The van der Waals surface area contributed by atoms with Gasteiger partial charge in [-0.2, -0.15) is 0 Å². The van der Waals surface area contributed by atoms with Crippen molar-refractivity contribution in [1.29, 1.82) is 0 Å². The molecule has 1 N–H and O–H groups in total. The molecule has 0 saturated carbocycles. The zero-order chi connectivity index (χ0) is 14.1. The molecular weight excluding hydrogens is 256 g/mol. The third kappa shape index (κ3) is 2.08. The van der Waals surface area contributed by atoms with Gasteiger partial charge < -0.3 is 9.84 Å². The molecule has 4 heteroatoms. The average molecular weight is 270 g/mol. The lowest BCUT2D eigenvalue weighted by atomic mass is 9.88. The lowest BCUT2D eigenvalue weighted by molar-refractivity contribution is -0.140. The first-order chi connectivity index (χ1) is 9.70. The highest BCUT2D eigenvalue weighted by Crippen LogP contribution is 2.27. The van der Waals surface area contributed by atoms with E-state index in [2.05, 4.69) is 0 Å². The molecule has 3 rings (SSSR count). The van der Waals surface area contributed by atoms with Gasteiger partial charge in [0.1, 0.15) is 5.92 Å². The van der Waals surface area contributed by atoms with Crippen LogP contribution in [-0.4, -0.2) is 30.1 Å². The minimum Gasteiger partial charge on any atom is -0.465 e. The van der Waals surface area contributed by atoms with Gasteiger partial charge in [0.2, 0.25) is 0 Å². The van der Waals surface area contributed by atoms with Crippen molar-refractivity contribution in [3.63, 3.8) is 0 Å². The van der Waals surface area contributed by atoms with Crippen LogP contribution in [0.1, 0.15) is 10.4 Å². The maximum atomic E-state index is 12.5. The molecule has 0 aliphatic carbocycles. The smallest absolute Gasteiger partial charge is 0.317 e. The Hall–Kier alpha value is -2.20. The van der Waals surface area contributed by atoms with Gasteiger partial charge in [-0.05, 0) is 16.8 Å². The minimum absolute atomic E-state index is 0.110. The Kier molecular flexibility index (Phi) is 3.24. The fourth-order valence-electron chi connectivity index (χ4n) is 2.57. The summed E-state index contributed by atoms with van der Waals surface area (Å²) >= 11 is 0. The summed E-state index contributed by atoms with van der Waals surface area (Å²) < 4.78 is 4.88. The van der Waals surface area contributed by atoms with Crippen LogP contribution in [0.2, 0.25) is 0 Å². The summed E-state index contributed by atoms with van der Waals surface area (Å²) in [6, 6.07) is 13.1. The molecule has 0 aromatic heterocycles. The Balaban J connectivity index is 1.97. The van der Waals surface area contributed by atoms with Crippen LogP contribution in [-0.2, 0) is 9.53 Å².